The van der Waals surface area contributed by atoms with Crippen molar-refractivity contribution >= 4 is 309 Å². The molecule has 0 unspecified atom stereocenters. The van der Waals surface area contributed by atoms with Crippen LogP contribution in [-0.4, -0.2) is 297 Å². The summed E-state index contributed by atoms with van der Waals surface area (Å²) in [7, 11) is 140. The van der Waals surface area contributed by atoms with Crippen molar-refractivity contribution in [3.05, 3.63) is 23.8 Å². The summed E-state index contributed by atoms with van der Waals surface area (Å²) in [4.78, 5) is 0. The molecule has 57 heavy (non-hydrogen) atoms. The van der Waals surface area contributed by atoms with Gasteiger partial charge in [-0.05, 0) is 36.1 Å². The molecule has 1 saturated carbocycles. The Balaban J connectivity index is 3.24. The van der Waals surface area contributed by atoms with Gasteiger partial charge in [0.15, 0.2) is 0 Å². The molecule has 2 nitrogen and oxygen atoms in total. The molecule has 0 amide bonds. The fraction of sp³-hybridized carbons (Fsp3) is 0.538. The van der Waals surface area contributed by atoms with Crippen LogP contribution < -0.4 is 11.5 Å². The Morgan fingerprint density at radius 1 is 0.421 bits per heavy atom. The number of rotatable bonds is 23. The number of anilines is 2. The Bertz CT molecular complexity index is 1190. The van der Waals surface area contributed by atoms with Crippen LogP contribution in [0.25, 0.3) is 0 Å². The van der Waals surface area contributed by atoms with E-state index in [0.717, 1.165) is 24.8 Å². The van der Waals surface area contributed by atoms with Gasteiger partial charge in [0.2, 0.25) is 0 Å². The molecule has 1 aliphatic rings. The predicted octanol–water partition coefficient (Wildman–Crippen LogP) is -13.1. The summed E-state index contributed by atoms with van der Waals surface area (Å²) in [6.07, 6.45) is -16.9. The highest BCUT2D eigenvalue weighted by Crippen LogP contribution is 2.40. The minimum atomic E-state index is -1.20. The maximum absolute atomic E-state index is 6.81. The standard InChI is InChI=1S/C13H19B42N2/c14-35-47(37(15)16)54(46(33)34)49(55(52(42(25)26)43(27)28)53(44(29)30)45(31)32)36(48(50(38(17)18)39(19)20)51(40(21)22)41(23)24)11-3-1-9(2-4-11)5-10-6-12(56)8-13(57)7-10/h6-9,11H,1-5,56-57H2. The van der Waals surface area contributed by atoms with Crippen LogP contribution in [0.15, 0.2) is 18.2 Å². The summed E-state index contributed by atoms with van der Waals surface area (Å²) in [5.41, 5.74) is 14.4. The van der Waals surface area contributed by atoms with E-state index in [0.29, 0.717) is 24.2 Å². The van der Waals surface area contributed by atoms with E-state index in [1.54, 1.807) is 6.07 Å². The van der Waals surface area contributed by atoms with Crippen molar-refractivity contribution < 1.29 is 0 Å². The van der Waals surface area contributed by atoms with Crippen LogP contribution >= 0.6 is 0 Å². The number of benzene rings is 1. The first-order valence-corrected chi connectivity index (χ1v) is 19.7. The molecule has 43 radical (unpaired) electrons. The van der Waals surface area contributed by atoms with Gasteiger partial charge in [0, 0.05) is 309 Å². The monoisotopic (exact) mass is 666 g/mol. The smallest absolute Gasteiger partial charge is 0.0491 e. The number of nitrogens with two attached hydrogens (primary N) is 2. The van der Waals surface area contributed by atoms with Gasteiger partial charge in [-0.2, -0.15) is 0 Å². The maximum Gasteiger partial charge on any atom is 0.0491 e. The summed E-state index contributed by atoms with van der Waals surface area (Å²) in [5, 5.41) is 0. The van der Waals surface area contributed by atoms with Gasteiger partial charge in [0.1, 0.15) is 0 Å². The van der Waals surface area contributed by atoms with Crippen LogP contribution in [0.3, 0.4) is 0 Å². The van der Waals surface area contributed by atoms with Crippen LogP contribution in [0.4, 0.5) is 11.4 Å². The first kappa shape index (κ1) is 54.7. The fourth-order valence-corrected chi connectivity index (χ4v) is 10.5. The fourth-order valence-electron chi connectivity index (χ4n) is 10.5. The molecule has 0 bridgehead atoms. The second-order valence-electron chi connectivity index (χ2n) is 16.7. The molecular weight excluding hydrogens is 638 g/mol. The highest BCUT2D eigenvalue weighted by molar-refractivity contribution is 8.29. The van der Waals surface area contributed by atoms with Gasteiger partial charge in [0.05, 0.1) is 0 Å². The van der Waals surface area contributed by atoms with Crippen LogP contribution in [-0.2, 0) is 6.42 Å². The topological polar surface area (TPSA) is 52.0 Å². The molecule has 0 spiro atoms. The third-order valence-corrected chi connectivity index (χ3v) is 12.7. The highest BCUT2D eigenvalue weighted by atomic mass is 14.6. The quantitative estimate of drug-likeness (QED) is 0.0909. The Morgan fingerprint density at radius 3 is 1.04 bits per heavy atom. The maximum atomic E-state index is 6.81. The van der Waals surface area contributed by atoms with Gasteiger partial charge in [0.25, 0.3) is 0 Å². The van der Waals surface area contributed by atoms with E-state index in [4.69, 9.17) is 174 Å². The molecule has 1 aromatic rings. The predicted molar refractivity (Wildman–Crippen MR) is 306 cm³/mol. The Labute approximate surface area is 385 Å². The van der Waals surface area contributed by atoms with Crippen molar-refractivity contribution in [2.24, 2.45) is 5.92 Å². The minimum Gasteiger partial charge on any atom is -0.399 e. The molecule has 0 atom stereocenters. The lowest BCUT2D eigenvalue weighted by Gasteiger charge is -2.56. The van der Waals surface area contributed by atoms with E-state index in [-0.39, 0.29) is 11.7 Å². The SMILES string of the molecule is [B][B]B(B([B])[B])B(B([B])[B])B(B(B(B([B])[B])B([B])[B])B(B([B])[B])B([B])[B])B(B(B(B([B])[B])B([B])[B])B(B([B])[B])B([B])[B])C1CCC(Cc2cc(N)cc(N)c2)CC1. The van der Waals surface area contributed by atoms with Crippen LogP contribution in [0, 0.1) is 5.92 Å². The van der Waals surface area contributed by atoms with Crippen LogP contribution in [0.2, 0.25) is 5.82 Å². The molecule has 1 aromatic carbocycles. The molecule has 0 aromatic heterocycles. The molecule has 1 fully saturated rings. The molecule has 44 heteroatoms. The Hall–Kier alpha value is 1.55. The lowest BCUT2D eigenvalue weighted by Crippen LogP contribution is -2.91. The second kappa shape index (κ2) is 25.1. The van der Waals surface area contributed by atoms with E-state index in [9.17, 15) is 0 Å². The summed E-state index contributed by atoms with van der Waals surface area (Å²) >= 11 is 0. The van der Waals surface area contributed by atoms with Crippen LogP contribution in [0.5, 0.6) is 0 Å². The number of hydrogen-bond donors (Lipinski definition) is 2. The zero-order valence-corrected chi connectivity index (χ0v) is 33.3. The van der Waals surface area contributed by atoms with E-state index >= 15 is 0 Å². The van der Waals surface area contributed by atoms with E-state index < -0.39 is 128 Å². The van der Waals surface area contributed by atoms with E-state index in [1.807, 2.05) is 12.1 Å². The van der Waals surface area contributed by atoms with Gasteiger partial charge in [-0.1, -0.05) is 31.5 Å². The molecule has 4 N–H and O–H groups in total. The summed E-state index contributed by atoms with van der Waals surface area (Å²) in [6, 6.07) is 5.54. The van der Waals surface area contributed by atoms with E-state index in [1.165, 1.54) is 7.06 Å². The molecule has 2 rings (SSSR count). The first-order valence-electron chi connectivity index (χ1n) is 19.7. The summed E-state index contributed by atoms with van der Waals surface area (Å²) in [6.45, 7) is -0.733. The van der Waals surface area contributed by atoms with Gasteiger partial charge in [-0.15, -0.1) is 0 Å². The lowest BCUT2D eigenvalue weighted by molar-refractivity contribution is 0.356. The Kier molecular flexibility index (Phi) is 24.1. The highest BCUT2D eigenvalue weighted by Gasteiger charge is 2.59. The summed E-state index contributed by atoms with van der Waals surface area (Å²) < 4.78 is 0. The average Bonchev–Trinajstić information content (AvgIpc) is 3.04. The summed E-state index contributed by atoms with van der Waals surface area (Å²) in [5.74, 6) is -0.0458. The molecule has 1 aliphatic carbocycles. The zero-order valence-electron chi connectivity index (χ0n) is 33.3. The minimum absolute atomic E-state index is 0.227. The third-order valence-electron chi connectivity index (χ3n) is 12.7. The van der Waals surface area contributed by atoms with Crippen molar-refractivity contribution in [2.75, 3.05) is 11.5 Å². The molecule has 207 valence electrons. The van der Waals surface area contributed by atoms with Crippen molar-refractivity contribution in [3.63, 3.8) is 0 Å². The van der Waals surface area contributed by atoms with Gasteiger partial charge < -0.3 is 11.5 Å². The Morgan fingerprint density at radius 2 is 0.737 bits per heavy atom. The van der Waals surface area contributed by atoms with Crippen molar-refractivity contribution in [2.45, 2.75) is 37.9 Å². The normalized spacial score (nSPS) is 14.3. The second-order valence-corrected chi connectivity index (χ2v) is 16.7. The number of hydrogen-bond acceptors (Lipinski definition) is 2. The largest absolute Gasteiger partial charge is 0.399 e. The van der Waals surface area contributed by atoms with Gasteiger partial charge >= 0.3 is 0 Å². The van der Waals surface area contributed by atoms with E-state index in [2.05, 4.69) is 0 Å². The first-order chi connectivity index (χ1) is 26.4. The molecule has 0 saturated heterocycles. The molecular formula is C13H19B42N2. The molecule has 0 aliphatic heterocycles. The lowest BCUT2D eigenvalue weighted by atomic mass is 8.29. The average molecular weight is 657 g/mol. The number of nitrogen functional groups attached to an aromatic ring is 2. The zero-order chi connectivity index (χ0) is 43.8. The van der Waals surface area contributed by atoms with Crippen LogP contribution in [0.1, 0.15) is 31.2 Å². The van der Waals surface area contributed by atoms with Crippen molar-refractivity contribution in [3.8, 4) is 0 Å². The third kappa shape index (κ3) is 14.8. The molecule has 0 heterocycles. The van der Waals surface area contributed by atoms with Crippen molar-refractivity contribution in [1.82, 2.24) is 0 Å². The van der Waals surface area contributed by atoms with Gasteiger partial charge in [-0.25, -0.2) is 0 Å². The van der Waals surface area contributed by atoms with Crippen molar-refractivity contribution in [1.29, 1.82) is 0 Å². The van der Waals surface area contributed by atoms with Gasteiger partial charge in [-0.3, -0.25) is 0 Å².